The van der Waals surface area contributed by atoms with Crippen LogP contribution in [0.3, 0.4) is 0 Å². The Kier molecular flexibility index (Phi) is 7.64. The maximum atomic E-state index is 14.5. The highest BCUT2D eigenvalue weighted by atomic mass is 19.4. The van der Waals surface area contributed by atoms with Gasteiger partial charge in [-0.05, 0) is 55.0 Å². The van der Waals surface area contributed by atoms with Crippen molar-refractivity contribution < 1.29 is 32.2 Å². The predicted octanol–water partition coefficient (Wildman–Crippen LogP) is 4.15. The number of aromatic nitrogens is 5. The Balaban J connectivity index is 1.22. The van der Waals surface area contributed by atoms with Crippen molar-refractivity contribution in [3.05, 3.63) is 105 Å². The van der Waals surface area contributed by atoms with Crippen LogP contribution in [0.15, 0.2) is 65.7 Å². The third kappa shape index (κ3) is 5.84. The van der Waals surface area contributed by atoms with Crippen LogP contribution in [0.25, 0.3) is 10.8 Å². The molecule has 3 atom stereocenters. The molecule has 0 aliphatic carbocycles. The summed E-state index contributed by atoms with van der Waals surface area (Å²) in [6.45, 7) is 0.576. The number of hydrogen-bond donors (Lipinski definition) is 4. The van der Waals surface area contributed by atoms with Gasteiger partial charge in [0.15, 0.2) is 5.60 Å². The van der Waals surface area contributed by atoms with Gasteiger partial charge in [-0.25, -0.2) is 14.5 Å². The van der Waals surface area contributed by atoms with Crippen LogP contribution in [0, 0.1) is 17.1 Å². The van der Waals surface area contributed by atoms with Crippen molar-refractivity contribution in [1.82, 2.24) is 25.0 Å². The fraction of sp³-hybridized carbons (Fsp3) is 0.226. The summed E-state index contributed by atoms with van der Waals surface area (Å²) in [6, 6.07) is 12.5. The van der Waals surface area contributed by atoms with Crippen molar-refractivity contribution in [3.63, 3.8) is 0 Å². The number of alkyl halides is 3. The fourth-order valence-corrected chi connectivity index (χ4v) is 5.45. The molecule has 4 N–H and O–H groups in total. The van der Waals surface area contributed by atoms with E-state index in [1.807, 2.05) is 0 Å². The van der Waals surface area contributed by atoms with E-state index in [2.05, 4.69) is 30.9 Å². The minimum Gasteiger partial charge on any atom is -0.490 e. The van der Waals surface area contributed by atoms with Gasteiger partial charge in [-0.1, -0.05) is 12.1 Å². The van der Waals surface area contributed by atoms with Crippen molar-refractivity contribution >= 4 is 28.1 Å². The van der Waals surface area contributed by atoms with E-state index in [0.29, 0.717) is 34.2 Å². The highest BCUT2D eigenvalue weighted by Gasteiger charge is 2.38. The number of carbonyl (C=O) groups excluding carboxylic acids is 1. The first-order valence-corrected chi connectivity index (χ1v) is 14.0. The summed E-state index contributed by atoms with van der Waals surface area (Å²) in [6.07, 6.45) is -3.45. The van der Waals surface area contributed by atoms with E-state index >= 15 is 0 Å². The van der Waals surface area contributed by atoms with Gasteiger partial charge in [0, 0.05) is 23.8 Å². The number of carbonyl (C=O) groups is 1. The number of nitrogens with one attached hydrogen (secondary N) is 3. The zero-order valence-corrected chi connectivity index (χ0v) is 24.6. The normalized spacial score (nSPS) is 17.0. The maximum absolute atomic E-state index is 14.5. The van der Waals surface area contributed by atoms with Crippen LogP contribution >= 0.6 is 0 Å². The number of benzene rings is 3. The second-order valence-electron chi connectivity index (χ2n) is 11.1. The SMILES string of the molecule is Cn1ncnc1[C@@H]1c2n[nH]c(=O)c3cc(F)cc(c23)N[C@H]1c1ccc(OC[C@](C)(O)C(=O)Nc2ccc(C#N)c(C(F)(F)F)c2)cc1. The quantitative estimate of drug-likeness (QED) is 0.189. The summed E-state index contributed by atoms with van der Waals surface area (Å²) in [4.78, 5) is 29.7. The van der Waals surface area contributed by atoms with Gasteiger partial charge in [0.05, 0.1) is 40.2 Å². The zero-order valence-electron chi connectivity index (χ0n) is 24.6. The first-order chi connectivity index (χ1) is 22.3. The molecule has 0 saturated carbocycles. The van der Waals surface area contributed by atoms with E-state index in [1.165, 1.54) is 18.5 Å². The van der Waals surface area contributed by atoms with Crippen LogP contribution in [-0.4, -0.2) is 48.2 Å². The van der Waals surface area contributed by atoms with E-state index in [1.54, 1.807) is 36.0 Å². The highest BCUT2D eigenvalue weighted by molar-refractivity contribution is 5.98. The van der Waals surface area contributed by atoms with Crippen molar-refractivity contribution in [1.29, 1.82) is 5.26 Å². The number of aliphatic hydroxyl groups is 1. The number of aryl methyl sites for hydroxylation is 1. The number of hydrogen-bond acceptors (Lipinski definition) is 9. The second kappa shape index (κ2) is 11.5. The summed E-state index contributed by atoms with van der Waals surface area (Å²) < 4.78 is 61.7. The van der Waals surface area contributed by atoms with Gasteiger partial charge in [0.2, 0.25) is 0 Å². The number of nitrogens with zero attached hydrogens (tertiary/aromatic N) is 5. The predicted molar refractivity (Wildman–Crippen MR) is 159 cm³/mol. The van der Waals surface area contributed by atoms with Crippen LogP contribution in [-0.2, 0) is 18.0 Å². The molecule has 47 heavy (non-hydrogen) atoms. The molecule has 1 amide bonds. The molecule has 0 saturated heterocycles. The lowest BCUT2D eigenvalue weighted by atomic mass is 9.83. The van der Waals surface area contributed by atoms with E-state index in [9.17, 15) is 32.3 Å². The molecule has 1 aliphatic rings. The van der Waals surface area contributed by atoms with E-state index in [-0.39, 0.29) is 16.8 Å². The molecule has 2 aromatic heterocycles. The van der Waals surface area contributed by atoms with Crippen LogP contribution in [0.1, 0.15) is 47.1 Å². The Hall–Kier alpha value is -5.82. The molecular weight excluding hydrogens is 624 g/mol. The standard InChI is InChI=1S/C31H24F4N8O4/c1-30(46,29(45)39-18-6-3-16(12-36)21(11-18)31(33,34)35)13-47-19-7-4-15(5-8-19)25-24(27-37-14-38-43(27)2)26-23-20(28(44)42-41-26)9-17(32)10-22(23)40-25/h3-11,14,24-25,40,46H,13H2,1-2H3,(H,39,45)(H,42,44)/t24-,25-,30-/m0/s1. The van der Waals surface area contributed by atoms with E-state index in [4.69, 9.17) is 10.00 Å². The van der Waals surface area contributed by atoms with Crippen molar-refractivity contribution in [3.8, 4) is 11.8 Å². The lowest BCUT2D eigenvalue weighted by Gasteiger charge is -2.33. The molecule has 1 aliphatic heterocycles. The highest BCUT2D eigenvalue weighted by Crippen LogP contribution is 2.46. The van der Waals surface area contributed by atoms with Gasteiger partial charge >= 0.3 is 6.18 Å². The molecule has 0 radical (unpaired) electrons. The van der Waals surface area contributed by atoms with E-state index < -0.39 is 58.8 Å². The number of aromatic amines is 1. The molecule has 3 heterocycles. The topological polar surface area (TPSA) is 171 Å². The third-order valence-corrected chi connectivity index (χ3v) is 7.80. The van der Waals surface area contributed by atoms with Gasteiger partial charge in [-0.15, -0.1) is 0 Å². The van der Waals surface area contributed by atoms with Gasteiger partial charge in [0.25, 0.3) is 11.5 Å². The molecule has 0 bridgehead atoms. The Bertz CT molecular complexity index is 2120. The average molecular weight is 649 g/mol. The molecule has 0 spiro atoms. The molecule has 3 aromatic carbocycles. The molecule has 0 fully saturated rings. The molecule has 6 rings (SSSR count). The largest absolute Gasteiger partial charge is 0.490 e. The number of nitriles is 1. The summed E-state index contributed by atoms with van der Waals surface area (Å²) in [5, 5.41) is 36.8. The van der Waals surface area contributed by atoms with Gasteiger partial charge in [-0.3, -0.25) is 14.3 Å². The third-order valence-electron chi connectivity index (χ3n) is 7.80. The summed E-state index contributed by atoms with van der Waals surface area (Å²) in [7, 11) is 1.71. The summed E-state index contributed by atoms with van der Waals surface area (Å²) in [5.41, 5.74) is -3.30. The first kappa shape index (κ1) is 31.2. The average Bonchev–Trinajstić information content (AvgIpc) is 3.46. The molecule has 12 nitrogen and oxygen atoms in total. The summed E-state index contributed by atoms with van der Waals surface area (Å²) >= 11 is 0. The van der Waals surface area contributed by atoms with Crippen molar-refractivity contribution in [2.75, 3.05) is 17.2 Å². The lowest BCUT2D eigenvalue weighted by molar-refractivity contribution is -0.138. The Labute approximate surface area is 262 Å². The number of amides is 1. The molecule has 0 unspecified atom stereocenters. The zero-order chi connectivity index (χ0) is 33.7. The summed E-state index contributed by atoms with van der Waals surface area (Å²) in [5.74, 6) is -1.45. The van der Waals surface area contributed by atoms with Crippen LogP contribution in [0.2, 0.25) is 0 Å². The van der Waals surface area contributed by atoms with Gasteiger partial charge in [0.1, 0.15) is 30.3 Å². The number of anilines is 2. The first-order valence-electron chi connectivity index (χ1n) is 14.0. The Morgan fingerprint density at radius 3 is 2.57 bits per heavy atom. The smallest absolute Gasteiger partial charge is 0.417 e. The van der Waals surface area contributed by atoms with Crippen LogP contribution < -0.4 is 20.9 Å². The monoisotopic (exact) mass is 648 g/mol. The lowest BCUT2D eigenvalue weighted by Crippen LogP contribution is -2.45. The van der Waals surface area contributed by atoms with Crippen LogP contribution in [0.5, 0.6) is 5.75 Å². The molecular formula is C31H24F4N8O4. The van der Waals surface area contributed by atoms with Gasteiger partial charge < -0.3 is 20.5 Å². The minimum atomic E-state index is -4.83. The Morgan fingerprint density at radius 2 is 1.91 bits per heavy atom. The molecule has 16 heteroatoms. The number of H-pyrrole nitrogens is 1. The van der Waals surface area contributed by atoms with Gasteiger partial charge in [-0.2, -0.15) is 28.6 Å². The molecule has 5 aromatic rings. The van der Waals surface area contributed by atoms with E-state index in [0.717, 1.165) is 25.1 Å². The van der Waals surface area contributed by atoms with Crippen molar-refractivity contribution in [2.24, 2.45) is 7.05 Å². The minimum absolute atomic E-state index is 0.128. The van der Waals surface area contributed by atoms with Crippen molar-refractivity contribution in [2.45, 2.75) is 30.7 Å². The molecule has 240 valence electrons. The fourth-order valence-electron chi connectivity index (χ4n) is 5.45. The number of halogens is 4. The number of rotatable bonds is 7. The Morgan fingerprint density at radius 1 is 1.17 bits per heavy atom. The number of ether oxygens (including phenoxy) is 1. The second-order valence-corrected chi connectivity index (χ2v) is 11.1. The maximum Gasteiger partial charge on any atom is 0.417 e. The van der Waals surface area contributed by atoms with Crippen LogP contribution in [0.4, 0.5) is 28.9 Å².